The van der Waals surface area contributed by atoms with Gasteiger partial charge in [0.25, 0.3) is 0 Å². The molecule has 0 amide bonds. The number of hydrogen-bond donors (Lipinski definition) is 1. The van der Waals surface area contributed by atoms with Gasteiger partial charge in [-0.2, -0.15) is 0 Å². The van der Waals surface area contributed by atoms with E-state index >= 15 is 0 Å². The predicted octanol–water partition coefficient (Wildman–Crippen LogP) is 3.81. The Morgan fingerprint density at radius 1 is 1.05 bits per heavy atom. The van der Waals surface area contributed by atoms with Gasteiger partial charge in [-0.15, -0.1) is 0 Å². The summed E-state index contributed by atoms with van der Waals surface area (Å²) in [7, 11) is 0. The van der Waals surface area contributed by atoms with Gasteiger partial charge in [0.2, 0.25) is 0 Å². The first-order valence-corrected chi connectivity index (χ1v) is 7.25. The van der Waals surface area contributed by atoms with Crippen molar-refractivity contribution in [3.05, 3.63) is 70.2 Å². The van der Waals surface area contributed by atoms with Crippen molar-refractivity contribution in [2.24, 2.45) is 0 Å². The lowest BCUT2D eigenvalue weighted by molar-refractivity contribution is 0.178. The molecule has 0 fully saturated rings. The summed E-state index contributed by atoms with van der Waals surface area (Å²) in [5, 5.41) is 10.4. The second-order valence-corrected chi connectivity index (χ2v) is 5.61. The molecule has 0 bridgehead atoms. The minimum absolute atomic E-state index is 0.305. The SMILES string of the molecule is OC(Cc1ccc(F)cc1Br)c1ccc2nccnc2c1. The Bertz CT molecular complexity index is 794. The van der Waals surface area contributed by atoms with Crippen molar-refractivity contribution < 1.29 is 9.50 Å². The van der Waals surface area contributed by atoms with E-state index in [0.29, 0.717) is 10.9 Å². The molecule has 0 saturated carbocycles. The first-order chi connectivity index (χ1) is 10.1. The molecule has 1 N–H and O–H groups in total. The van der Waals surface area contributed by atoms with Crippen LogP contribution < -0.4 is 0 Å². The van der Waals surface area contributed by atoms with Crippen LogP contribution in [0.3, 0.4) is 0 Å². The number of rotatable bonds is 3. The Hall–Kier alpha value is -1.85. The summed E-state index contributed by atoms with van der Waals surface area (Å²) in [5.74, 6) is -0.305. The topological polar surface area (TPSA) is 46.0 Å². The van der Waals surface area contributed by atoms with Gasteiger partial charge in [-0.05, 0) is 35.4 Å². The van der Waals surface area contributed by atoms with Crippen LogP contribution in [0.5, 0.6) is 0 Å². The first-order valence-electron chi connectivity index (χ1n) is 6.46. The van der Waals surface area contributed by atoms with Crippen LogP contribution in [0.25, 0.3) is 11.0 Å². The average Bonchev–Trinajstić information content (AvgIpc) is 2.49. The number of hydrogen-bond acceptors (Lipinski definition) is 3. The zero-order valence-electron chi connectivity index (χ0n) is 11.0. The van der Waals surface area contributed by atoms with Crippen LogP contribution in [0.2, 0.25) is 0 Å². The van der Waals surface area contributed by atoms with Gasteiger partial charge in [0.1, 0.15) is 5.82 Å². The summed E-state index contributed by atoms with van der Waals surface area (Å²) < 4.78 is 13.7. The van der Waals surface area contributed by atoms with Crippen molar-refractivity contribution in [1.29, 1.82) is 0 Å². The van der Waals surface area contributed by atoms with Crippen LogP contribution >= 0.6 is 15.9 Å². The minimum Gasteiger partial charge on any atom is -0.388 e. The van der Waals surface area contributed by atoms with Crippen LogP contribution in [0, 0.1) is 5.82 Å². The fraction of sp³-hybridized carbons (Fsp3) is 0.125. The smallest absolute Gasteiger partial charge is 0.124 e. The maximum absolute atomic E-state index is 13.1. The summed E-state index contributed by atoms with van der Waals surface area (Å²) in [5.41, 5.74) is 3.14. The van der Waals surface area contributed by atoms with Crippen molar-refractivity contribution in [3.8, 4) is 0 Å². The summed E-state index contributed by atoms with van der Waals surface area (Å²) in [6.07, 6.45) is 2.97. The Kier molecular flexibility index (Phi) is 3.94. The molecule has 1 heterocycles. The normalized spacial score (nSPS) is 12.5. The standard InChI is InChI=1S/C16H12BrFN2O/c17-13-9-12(18)3-1-10(13)8-16(21)11-2-4-14-15(7-11)20-6-5-19-14/h1-7,9,16,21H,8H2. The van der Waals surface area contributed by atoms with Crippen LogP contribution in [0.1, 0.15) is 17.2 Å². The number of aromatic nitrogens is 2. The van der Waals surface area contributed by atoms with Gasteiger partial charge in [-0.1, -0.05) is 28.1 Å². The molecular formula is C16H12BrFN2O. The quantitative estimate of drug-likeness (QED) is 0.784. The predicted molar refractivity (Wildman–Crippen MR) is 82.3 cm³/mol. The molecule has 2 aromatic carbocycles. The lowest BCUT2D eigenvalue weighted by atomic mass is 10.0. The second kappa shape index (κ2) is 5.87. The highest BCUT2D eigenvalue weighted by molar-refractivity contribution is 9.10. The van der Waals surface area contributed by atoms with E-state index in [9.17, 15) is 9.50 Å². The third-order valence-corrected chi connectivity index (χ3v) is 4.04. The maximum atomic E-state index is 13.1. The number of aliphatic hydroxyl groups excluding tert-OH is 1. The van der Waals surface area contributed by atoms with Crippen LogP contribution in [-0.2, 0) is 6.42 Å². The zero-order valence-corrected chi connectivity index (χ0v) is 12.6. The molecule has 3 rings (SSSR count). The van der Waals surface area contributed by atoms with E-state index in [1.807, 2.05) is 18.2 Å². The Balaban J connectivity index is 1.87. The molecule has 21 heavy (non-hydrogen) atoms. The third-order valence-electron chi connectivity index (χ3n) is 3.31. The number of nitrogens with zero attached hydrogens (tertiary/aromatic N) is 2. The van der Waals surface area contributed by atoms with Crippen molar-refractivity contribution in [2.45, 2.75) is 12.5 Å². The Morgan fingerprint density at radius 2 is 1.81 bits per heavy atom. The zero-order chi connectivity index (χ0) is 14.8. The molecule has 0 saturated heterocycles. The molecule has 0 aliphatic rings. The van der Waals surface area contributed by atoms with Crippen LogP contribution in [-0.4, -0.2) is 15.1 Å². The van der Waals surface area contributed by atoms with Gasteiger partial charge in [0.15, 0.2) is 0 Å². The van der Waals surface area contributed by atoms with E-state index < -0.39 is 6.10 Å². The van der Waals surface area contributed by atoms with Crippen molar-refractivity contribution >= 4 is 27.0 Å². The van der Waals surface area contributed by atoms with E-state index in [-0.39, 0.29) is 5.82 Å². The number of fused-ring (bicyclic) bond motifs is 1. The lowest BCUT2D eigenvalue weighted by Crippen LogP contribution is -2.03. The second-order valence-electron chi connectivity index (χ2n) is 4.76. The third kappa shape index (κ3) is 3.09. The molecule has 106 valence electrons. The lowest BCUT2D eigenvalue weighted by Gasteiger charge is -2.13. The highest BCUT2D eigenvalue weighted by Crippen LogP contribution is 2.25. The summed E-state index contributed by atoms with van der Waals surface area (Å²) in [4.78, 5) is 8.42. The molecule has 5 heteroatoms. The fourth-order valence-corrected chi connectivity index (χ4v) is 2.71. The molecule has 0 aliphatic heterocycles. The Morgan fingerprint density at radius 3 is 2.57 bits per heavy atom. The molecular weight excluding hydrogens is 335 g/mol. The van der Waals surface area contributed by atoms with Crippen LogP contribution in [0.4, 0.5) is 4.39 Å². The number of benzene rings is 2. The monoisotopic (exact) mass is 346 g/mol. The van der Waals surface area contributed by atoms with Gasteiger partial charge in [0.05, 0.1) is 17.1 Å². The van der Waals surface area contributed by atoms with Crippen molar-refractivity contribution in [3.63, 3.8) is 0 Å². The van der Waals surface area contributed by atoms with E-state index in [4.69, 9.17) is 0 Å². The minimum atomic E-state index is -0.682. The maximum Gasteiger partial charge on any atom is 0.124 e. The molecule has 3 nitrogen and oxygen atoms in total. The summed E-state index contributed by atoms with van der Waals surface area (Å²) in [6, 6.07) is 9.94. The van der Waals surface area contributed by atoms with Crippen molar-refractivity contribution in [2.75, 3.05) is 0 Å². The summed E-state index contributed by atoms with van der Waals surface area (Å²) in [6.45, 7) is 0. The molecule has 0 radical (unpaired) electrons. The van der Waals surface area contributed by atoms with Gasteiger partial charge in [-0.3, -0.25) is 9.97 Å². The van der Waals surface area contributed by atoms with E-state index in [0.717, 1.165) is 22.2 Å². The van der Waals surface area contributed by atoms with E-state index in [2.05, 4.69) is 25.9 Å². The van der Waals surface area contributed by atoms with Gasteiger partial charge in [-0.25, -0.2) is 4.39 Å². The highest BCUT2D eigenvalue weighted by Gasteiger charge is 2.12. The number of halogens is 2. The van der Waals surface area contributed by atoms with Crippen LogP contribution in [0.15, 0.2) is 53.3 Å². The van der Waals surface area contributed by atoms with Crippen molar-refractivity contribution in [1.82, 2.24) is 9.97 Å². The summed E-state index contributed by atoms with van der Waals surface area (Å²) >= 11 is 3.31. The van der Waals surface area contributed by atoms with Gasteiger partial charge < -0.3 is 5.11 Å². The highest BCUT2D eigenvalue weighted by atomic mass is 79.9. The number of aliphatic hydroxyl groups is 1. The molecule has 3 aromatic rings. The molecule has 0 spiro atoms. The van der Waals surface area contributed by atoms with Gasteiger partial charge >= 0.3 is 0 Å². The van der Waals surface area contributed by atoms with E-state index in [1.54, 1.807) is 18.5 Å². The average molecular weight is 347 g/mol. The fourth-order valence-electron chi connectivity index (χ4n) is 2.20. The molecule has 1 atom stereocenters. The van der Waals surface area contributed by atoms with Gasteiger partial charge in [0, 0.05) is 23.3 Å². The van der Waals surface area contributed by atoms with E-state index in [1.165, 1.54) is 12.1 Å². The molecule has 1 aromatic heterocycles. The largest absolute Gasteiger partial charge is 0.388 e. The molecule has 1 unspecified atom stereocenters. The first kappa shape index (κ1) is 14.1. The molecule has 0 aliphatic carbocycles. The Labute approximate surface area is 129 Å².